The molecule has 0 spiro atoms. The standard InChI is InChI=1S/C17H17F6N7/c1-15(18,19)11-7-25-6-10(26-11)12-27-13(24)29-14(28-12)30(8-2-16(20,21)3-8)9-4-17(22,23)5-9/h6-9H,2-5H2,1H3,(H2,24,27,28,29). The maximum Gasteiger partial charge on any atom is 0.288 e. The van der Waals surface area contributed by atoms with Gasteiger partial charge in [-0.2, -0.15) is 23.7 Å². The van der Waals surface area contributed by atoms with Gasteiger partial charge in [0.1, 0.15) is 11.4 Å². The quantitative estimate of drug-likeness (QED) is 0.722. The van der Waals surface area contributed by atoms with Crippen LogP contribution >= 0.6 is 0 Å². The molecule has 0 bridgehead atoms. The molecule has 30 heavy (non-hydrogen) atoms. The summed E-state index contributed by atoms with van der Waals surface area (Å²) in [5.74, 6) is -9.78. The van der Waals surface area contributed by atoms with Crippen molar-refractivity contribution in [1.29, 1.82) is 0 Å². The van der Waals surface area contributed by atoms with E-state index in [1.54, 1.807) is 0 Å². The number of nitrogens with two attached hydrogens (primary N) is 1. The molecule has 0 saturated heterocycles. The van der Waals surface area contributed by atoms with Crippen molar-refractivity contribution in [2.45, 2.75) is 62.5 Å². The van der Waals surface area contributed by atoms with Gasteiger partial charge in [0.25, 0.3) is 17.8 Å². The molecule has 13 heteroatoms. The lowest BCUT2D eigenvalue weighted by atomic mass is 9.80. The molecule has 2 aliphatic rings. The molecule has 2 aromatic rings. The molecule has 2 fully saturated rings. The zero-order valence-electron chi connectivity index (χ0n) is 15.7. The highest BCUT2D eigenvalue weighted by Crippen LogP contribution is 2.48. The van der Waals surface area contributed by atoms with E-state index in [2.05, 4.69) is 24.9 Å². The lowest BCUT2D eigenvalue weighted by Crippen LogP contribution is -2.60. The van der Waals surface area contributed by atoms with E-state index < -0.39 is 61.2 Å². The van der Waals surface area contributed by atoms with Crippen LogP contribution < -0.4 is 10.6 Å². The summed E-state index contributed by atoms with van der Waals surface area (Å²) in [6.45, 7) is 0.642. The summed E-state index contributed by atoms with van der Waals surface area (Å²) in [5.41, 5.74) is 4.94. The highest BCUT2D eigenvalue weighted by Gasteiger charge is 2.55. The minimum Gasteiger partial charge on any atom is -0.368 e. The number of nitrogens with zero attached hydrogens (tertiary/aromatic N) is 6. The van der Waals surface area contributed by atoms with Gasteiger partial charge in [0, 0.05) is 44.7 Å². The van der Waals surface area contributed by atoms with Gasteiger partial charge < -0.3 is 10.6 Å². The zero-order chi connectivity index (χ0) is 21.9. The van der Waals surface area contributed by atoms with Crippen molar-refractivity contribution >= 4 is 11.9 Å². The van der Waals surface area contributed by atoms with Crippen molar-refractivity contribution in [2.24, 2.45) is 0 Å². The fourth-order valence-electron chi connectivity index (χ4n) is 3.57. The van der Waals surface area contributed by atoms with Crippen LogP contribution in [-0.2, 0) is 5.92 Å². The Kier molecular flexibility index (Phi) is 4.54. The largest absolute Gasteiger partial charge is 0.368 e. The first-order chi connectivity index (χ1) is 13.8. The second-order valence-electron chi connectivity index (χ2n) is 7.74. The summed E-state index contributed by atoms with van der Waals surface area (Å²) in [6, 6.07) is -1.51. The van der Waals surface area contributed by atoms with Crippen LogP contribution in [0.3, 0.4) is 0 Å². The predicted molar refractivity (Wildman–Crippen MR) is 93.3 cm³/mol. The van der Waals surface area contributed by atoms with Gasteiger partial charge in [-0.1, -0.05) is 0 Å². The Hall–Kier alpha value is -2.73. The number of hydrogen-bond acceptors (Lipinski definition) is 7. The van der Waals surface area contributed by atoms with E-state index in [0.717, 1.165) is 12.4 Å². The van der Waals surface area contributed by atoms with Crippen LogP contribution in [0.2, 0.25) is 0 Å². The molecule has 0 aromatic carbocycles. The van der Waals surface area contributed by atoms with Crippen molar-refractivity contribution in [3.63, 3.8) is 0 Å². The van der Waals surface area contributed by atoms with Gasteiger partial charge in [0.15, 0.2) is 5.82 Å². The molecule has 0 aliphatic heterocycles. The summed E-state index contributed by atoms with van der Waals surface area (Å²) in [6.07, 6.45) is -0.122. The third kappa shape index (κ3) is 3.97. The fourth-order valence-corrected chi connectivity index (χ4v) is 3.57. The van der Waals surface area contributed by atoms with Crippen LogP contribution in [0.25, 0.3) is 11.5 Å². The normalized spacial score (nSPS) is 21.0. The molecule has 0 amide bonds. The van der Waals surface area contributed by atoms with Crippen LogP contribution in [0.4, 0.5) is 38.2 Å². The molecular weight excluding hydrogens is 416 g/mol. The highest BCUT2D eigenvalue weighted by atomic mass is 19.3. The van der Waals surface area contributed by atoms with E-state index in [1.807, 2.05) is 0 Å². The van der Waals surface area contributed by atoms with Crippen molar-refractivity contribution in [1.82, 2.24) is 24.9 Å². The van der Waals surface area contributed by atoms with Crippen LogP contribution in [0.5, 0.6) is 0 Å². The maximum absolute atomic E-state index is 13.6. The third-order valence-electron chi connectivity index (χ3n) is 5.11. The summed E-state index contributed by atoms with van der Waals surface area (Å²) < 4.78 is 80.9. The molecule has 0 radical (unpaired) electrons. The van der Waals surface area contributed by atoms with Crippen molar-refractivity contribution in [3.05, 3.63) is 18.1 Å². The number of rotatable bonds is 5. The molecule has 0 atom stereocenters. The van der Waals surface area contributed by atoms with Gasteiger partial charge >= 0.3 is 0 Å². The summed E-state index contributed by atoms with van der Waals surface area (Å²) in [7, 11) is 0. The number of nitrogen functional groups attached to an aromatic ring is 1. The van der Waals surface area contributed by atoms with Crippen LogP contribution in [0.15, 0.2) is 12.4 Å². The van der Waals surface area contributed by atoms with E-state index in [4.69, 9.17) is 5.73 Å². The topological polar surface area (TPSA) is 93.7 Å². The molecule has 2 N–H and O–H groups in total. The number of halogens is 6. The molecule has 7 nitrogen and oxygen atoms in total. The van der Waals surface area contributed by atoms with Crippen LogP contribution in [0.1, 0.15) is 38.3 Å². The van der Waals surface area contributed by atoms with E-state index in [0.29, 0.717) is 6.92 Å². The van der Waals surface area contributed by atoms with Gasteiger partial charge in [-0.25, -0.2) is 22.5 Å². The summed E-state index contributed by atoms with van der Waals surface area (Å²) in [4.78, 5) is 20.7. The minimum absolute atomic E-state index is 0.137. The van der Waals surface area contributed by atoms with Gasteiger partial charge in [-0.3, -0.25) is 4.98 Å². The van der Waals surface area contributed by atoms with E-state index >= 15 is 0 Å². The average Bonchev–Trinajstić information content (AvgIpc) is 2.58. The van der Waals surface area contributed by atoms with Crippen molar-refractivity contribution < 1.29 is 26.3 Å². The van der Waals surface area contributed by atoms with Crippen LogP contribution in [0, 0.1) is 0 Å². The van der Waals surface area contributed by atoms with Crippen molar-refractivity contribution in [2.75, 3.05) is 10.6 Å². The number of alkyl halides is 6. The molecule has 0 unspecified atom stereocenters. The highest BCUT2D eigenvalue weighted by molar-refractivity contribution is 5.53. The summed E-state index contributed by atoms with van der Waals surface area (Å²) >= 11 is 0. The first-order valence-electron chi connectivity index (χ1n) is 9.09. The van der Waals surface area contributed by atoms with Crippen LogP contribution in [-0.4, -0.2) is 48.8 Å². The average molecular weight is 433 g/mol. The summed E-state index contributed by atoms with van der Waals surface area (Å²) in [5, 5.41) is 0. The lowest BCUT2D eigenvalue weighted by molar-refractivity contribution is -0.111. The van der Waals surface area contributed by atoms with Crippen molar-refractivity contribution in [3.8, 4) is 11.5 Å². The molecule has 2 heterocycles. The van der Waals surface area contributed by atoms with Gasteiger partial charge in [-0.15, -0.1) is 0 Å². The van der Waals surface area contributed by atoms with E-state index in [1.165, 1.54) is 4.90 Å². The van der Waals surface area contributed by atoms with Gasteiger partial charge in [0.2, 0.25) is 11.9 Å². The lowest BCUT2D eigenvalue weighted by Gasteiger charge is -2.50. The first kappa shape index (κ1) is 20.5. The minimum atomic E-state index is -3.27. The number of aromatic nitrogens is 5. The zero-order valence-corrected chi connectivity index (χ0v) is 15.7. The second kappa shape index (κ2) is 6.64. The number of anilines is 2. The van der Waals surface area contributed by atoms with E-state index in [-0.39, 0.29) is 23.4 Å². The first-order valence-corrected chi connectivity index (χ1v) is 9.09. The number of hydrogen-bond donors (Lipinski definition) is 1. The van der Waals surface area contributed by atoms with E-state index in [9.17, 15) is 26.3 Å². The Balaban J connectivity index is 1.70. The SMILES string of the molecule is CC(F)(F)c1cncc(-c2nc(N)nc(N(C3CC(F)(F)C3)C3CC(F)(F)C3)n2)n1. The Morgan fingerprint density at radius 2 is 1.50 bits per heavy atom. The molecule has 4 rings (SSSR count). The molecular formula is C17H17F6N7. The molecule has 2 aliphatic carbocycles. The van der Waals surface area contributed by atoms with Gasteiger partial charge in [0.05, 0.1) is 12.4 Å². The monoisotopic (exact) mass is 433 g/mol. The molecule has 162 valence electrons. The molecule has 2 saturated carbocycles. The fraction of sp³-hybridized carbons (Fsp3) is 0.588. The maximum atomic E-state index is 13.6. The smallest absolute Gasteiger partial charge is 0.288 e. The Labute approximate surface area is 166 Å². The Morgan fingerprint density at radius 1 is 0.933 bits per heavy atom. The third-order valence-corrected chi connectivity index (χ3v) is 5.11. The second-order valence-corrected chi connectivity index (χ2v) is 7.74. The Bertz CT molecular complexity index is 924. The Morgan fingerprint density at radius 3 is 2.00 bits per heavy atom. The van der Waals surface area contributed by atoms with Gasteiger partial charge in [-0.05, 0) is 0 Å². The molecule has 2 aromatic heterocycles. The predicted octanol–water partition coefficient (Wildman–Crippen LogP) is 3.42.